The van der Waals surface area contributed by atoms with E-state index < -0.39 is 0 Å². The minimum atomic E-state index is 0.200. The van der Waals surface area contributed by atoms with E-state index in [4.69, 9.17) is 5.73 Å². The van der Waals surface area contributed by atoms with Gasteiger partial charge in [0.15, 0.2) is 0 Å². The smallest absolute Gasteiger partial charge is 0.228 e. The van der Waals surface area contributed by atoms with Gasteiger partial charge in [0.25, 0.3) is 0 Å². The van der Waals surface area contributed by atoms with E-state index in [1.807, 2.05) is 4.90 Å². The molecule has 0 bridgehead atoms. The van der Waals surface area contributed by atoms with Crippen molar-refractivity contribution < 1.29 is 4.79 Å². The molecule has 1 amide bonds. The summed E-state index contributed by atoms with van der Waals surface area (Å²) < 4.78 is 0. The van der Waals surface area contributed by atoms with E-state index in [1.54, 1.807) is 0 Å². The molecule has 4 nitrogen and oxygen atoms in total. The van der Waals surface area contributed by atoms with Crippen molar-refractivity contribution in [2.75, 3.05) is 26.2 Å². The van der Waals surface area contributed by atoms with Gasteiger partial charge in [-0.2, -0.15) is 0 Å². The lowest BCUT2D eigenvalue weighted by Gasteiger charge is -2.36. The first-order valence-electron chi connectivity index (χ1n) is 5.02. The Hall–Kier alpha value is -0.610. The molecule has 0 aromatic carbocycles. The van der Waals surface area contributed by atoms with Crippen LogP contribution in [0.1, 0.15) is 12.8 Å². The molecule has 4 heteroatoms. The first-order valence-corrected chi connectivity index (χ1v) is 5.02. The number of likely N-dealkylation sites (tertiary alicyclic amines) is 1. The molecule has 0 saturated carbocycles. The summed E-state index contributed by atoms with van der Waals surface area (Å²) in [6.45, 7) is 3.37. The van der Waals surface area contributed by atoms with Crippen LogP contribution in [-0.2, 0) is 4.79 Å². The fraction of sp³-hybridized carbons (Fsp3) is 0.889. The summed E-state index contributed by atoms with van der Waals surface area (Å²) in [5.41, 5.74) is 5.81. The van der Waals surface area contributed by atoms with Crippen LogP contribution in [0.15, 0.2) is 0 Å². The Morgan fingerprint density at radius 1 is 1.46 bits per heavy atom. The quantitative estimate of drug-likeness (QED) is 0.557. The Bertz CT molecular complexity index is 203. The second-order valence-electron chi connectivity index (χ2n) is 4.04. The first-order chi connectivity index (χ1) is 6.27. The van der Waals surface area contributed by atoms with Crippen LogP contribution in [0.5, 0.6) is 0 Å². The number of nitrogens with two attached hydrogens (primary N) is 1. The molecule has 74 valence electrons. The molecule has 13 heavy (non-hydrogen) atoms. The van der Waals surface area contributed by atoms with Gasteiger partial charge in [-0.25, -0.2) is 0 Å². The molecule has 2 aliphatic rings. The molecule has 1 unspecified atom stereocenters. The molecule has 2 aliphatic heterocycles. The highest BCUT2D eigenvalue weighted by Crippen LogP contribution is 2.14. The maximum atomic E-state index is 11.8. The molecule has 0 aliphatic carbocycles. The zero-order chi connectivity index (χ0) is 9.26. The fourth-order valence-corrected chi connectivity index (χ4v) is 1.93. The molecular formula is C9H17N3O. The Kier molecular flexibility index (Phi) is 2.51. The molecular weight excluding hydrogens is 166 g/mol. The number of piperidine rings is 1. The zero-order valence-electron chi connectivity index (χ0n) is 7.83. The van der Waals surface area contributed by atoms with Crippen LogP contribution in [0, 0.1) is 5.92 Å². The summed E-state index contributed by atoms with van der Waals surface area (Å²) in [6, 6.07) is 0.200. The van der Waals surface area contributed by atoms with Crippen LogP contribution in [0.4, 0.5) is 0 Å². The summed E-state index contributed by atoms with van der Waals surface area (Å²) >= 11 is 0. The lowest BCUT2D eigenvalue weighted by atomic mass is 9.99. The SMILES string of the molecule is NC1CCCN(C(=O)C2CNC2)C1. The summed E-state index contributed by atoms with van der Waals surface area (Å²) in [5, 5.41) is 3.11. The summed E-state index contributed by atoms with van der Waals surface area (Å²) in [6.07, 6.45) is 2.12. The number of nitrogens with zero attached hydrogens (tertiary/aromatic N) is 1. The third kappa shape index (κ3) is 1.84. The van der Waals surface area contributed by atoms with Gasteiger partial charge in [-0.3, -0.25) is 4.79 Å². The summed E-state index contributed by atoms with van der Waals surface area (Å²) in [5.74, 6) is 0.527. The second kappa shape index (κ2) is 3.64. The zero-order valence-corrected chi connectivity index (χ0v) is 7.83. The van der Waals surface area contributed by atoms with Crippen LogP contribution in [0.2, 0.25) is 0 Å². The van der Waals surface area contributed by atoms with Crippen molar-refractivity contribution in [2.24, 2.45) is 11.7 Å². The van der Waals surface area contributed by atoms with E-state index in [0.717, 1.165) is 39.0 Å². The molecule has 2 saturated heterocycles. The highest BCUT2D eigenvalue weighted by atomic mass is 16.2. The topological polar surface area (TPSA) is 58.4 Å². The minimum absolute atomic E-state index is 0.200. The molecule has 0 spiro atoms. The molecule has 2 fully saturated rings. The average Bonchev–Trinajstić information content (AvgIpc) is 2.01. The van der Waals surface area contributed by atoms with E-state index in [1.165, 1.54) is 0 Å². The third-order valence-electron chi connectivity index (χ3n) is 2.90. The van der Waals surface area contributed by atoms with Crippen LogP contribution in [-0.4, -0.2) is 43.0 Å². The number of nitrogens with one attached hydrogen (secondary N) is 1. The van der Waals surface area contributed by atoms with Crippen molar-refractivity contribution >= 4 is 5.91 Å². The predicted molar refractivity (Wildman–Crippen MR) is 50.1 cm³/mol. The van der Waals surface area contributed by atoms with Crippen molar-refractivity contribution in [3.8, 4) is 0 Å². The molecule has 2 rings (SSSR count). The summed E-state index contributed by atoms with van der Waals surface area (Å²) in [4.78, 5) is 13.7. The molecule has 3 N–H and O–H groups in total. The monoisotopic (exact) mass is 183 g/mol. The maximum Gasteiger partial charge on any atom is 0.228 e. The minimum Gasteiger partial charge on any atom is -0.341 e. The second-order valence-corrected chi connectivity index (χ2v) is 4.04. The van der Waals surface area contributed by atoms with Gasteiger partial charge in [0.05, 0.1) is 5.92 Å². The molecule has 2 heterocycles. The molecule has 1 atom stereocenters. The standard InChI is InChI=1S/C9H17N3O/c10-8-2-1-3-12(6-8)9(13)7-4-11-5-7/h7-8,11H,1-6,10H2. The van der Waals surface area contributed by atoms with Crippen molar-refractivity contribution in [2.45, 2.75) is 18.9 Å². The van der Waals surface area contributed by atoms with Crippen LogP contribution < -0.4 is 11.1 Å². The number of amides is 1. The van der Waals surface area contributed by atoms with E-state index >= 15 is 0 Å². The van der Waals surface area contributed by atoms with Crippen LogP contribution in [0.3, 0.4) is 0 Å². The first kappa shape index (κ1) is 8.97. The molecule has 0 aromatic rings. The highest BCUT2D eigenvalue weighted by molar-refractivity contribution is 5.80. The van der Waals surface area contributed by atoms with Crippen LogP contribution in [0.25, 0.3) is 0 Å². The Morgan fingerprint density at radius 3 is 2.77 bits per heavy atom. The predicted octanol–water partition coefficient (Wildman–Crippen LogP) is -0.844. The van der Waals surface area contributed by atoms with Gasteiger partial charge >= 0.3 is 0 Å². The van der Waals surface area contributed by atoms with Gasteiger partial charge in [-0.1, -0.05) is 0 Å². The highest BCUT2D eigenvalue weighted by Gasteiger charge is 2.31. The molecule has 0 aromatic heterocycles. The number of carbonyl (C=O) groups is 1. The Balaban J connectivity index is 1.87. The van der Waals surface area contributed by atoms with Gasteiger partial charge < -0.3 is 16.0 Å². The van der Waals surface area contributed by atoms with E-state index in [-0.39, 0.29) is 12.0 Å². The van der Waals surface area contributed by atoms with E-state index in [0.29, 0.717) is 5.91 Å². The Morgan fingerprint density at radius 2 is 2.23 bits per heavy atom. The van der Waals surface area contributed by atoms with Gasteiger partial charge in [-0.15, -0.1) is 0 Å². The number of rotatable bonds is 1. The normalized spacial score (nSPS) is 29.9. The van der Waals surface area contributed by atoms with E-state index in [2.05, 4.69) is 5.32 Å². The third-order valence-corrected chi connectivity index (χ3v) is 2.90. The lowest BCUT2D eigenvalue weighted by Crippen LogP contribution is -2.55. The van der Waals surface area contributed by atoms with Gasteiger partial charge in [-0.05, 0) is 12.8 Å². The van der Waals surface area contributed by atoms with Gasteiger partial charge in [0, 0.05) is 32.2 Å². The van der Waals surface area contributed by atoms with Crippen molar-refractivity contribution in [1.82, 2.24) is 10.2 Å². The Labute approximate surface area is 78.5 Å². The number of carbonyl (C=O) groups excluding carboxylic acids is 1. The van der Waals surface area contributed by atoms with Gasteiger partial charge in [0.1, 0.15) is 0 Å². The lowest BCUT2D eigenvalue weighted by molar-refractivity contribution is -0.138. The van der Waals surface area contributed by atoms with E-state index in [9.17, 15) is 4.79 Å². The van der Waals surface area contributed by atoms with Crippen molar-refractivity contribution in [3.05, 3.63) is 0 Å². The van der Waals surface area contributed by atoms with Crippen molar-refractivity contribution in [1.29, 1.82) is 0 Å². The number of hydrogen-bond acceptors (Lipinski definition) is 3. The van der Waals surface area contributed by atoms with Gasteiger partial charge in [0.2, 0.25) is 5.91 Å². The average molecular weight is 183 g/mol. The largest absolute Gasteiger partial charge is 0.341 e. The summed E-state index contributed by atoms with van der Waals surface area (Å²) in [7, 11) is 0. The van der Waals surface area contributed by atoms with Crippen LogP contribution >= 0.6 is 0 Å². The fourth-order valence-electron chi connectivity index (χ4n) is 1.93. The van der Waals surface area contributed by atoms with Crippen molar-refractivity contribution in [3.63, 3.8) is 0 Å². The number of hydrogen-bond donors (Lipinski definition) is 2. The molecule has 0 radical (unpaired) electrons. The maximum absolute atomic E-state index is 11.8.